The maximum atomic E-state index is 12.8. The fraction of sp³-hybridized carbons (Fsp3) is 0.500. The highest BCUT2D eigenvalue weighted by Gasteiger charge is 2.31. The van der Waals surface area contributed by atoms with Gasteiger partial charge in [-0.1, -0.05) is 6.07 Å². The molecule has 1 atom stereocenters. The van der Waals surface area contributed by atoms with E-state index in [1.165, 1.54) is 11.6 Å². The number of piperidine rings is 1. The number of nitrogens with zero attached hydrogens (tertiary/aromatic N) is 2. The van der Waals surface area contributed by atoms with Crippen molar-refractivity contribution in [2.24, 2.45) is 7.05 Å². The van der Waals surface area contributed by atoms with Crippen LogP contribution in [0.5, 0.6) is 0 Å². The van der Waals surface area contributed by atoms with Crippen molar-refractivity contribution < 1.29 is 19.1 Å². The Morgan fingerprint density at radius 1 is 1.21 bits per heavy atom. The van der Waals surface area contributed by atoms with E-state index in [0.29, 0.717) is 18.5 Å². The Bertz CT molecular complexity index is 991. The Kier molecular flexibility index (Phi) is 6.36. The molecule has 0 bridgehead atoms. The molecule has 3 rings (SSSR count). The molecule has 9 nitrogen and oxygen atoms in total. The predicted octanol–water partition coefficient (Wildman–Crippen LogP) is 1.39. The highest BCUT2D eigenvalue weighted by atomic mass is 16.5. The number of hydrogen-bond donors (Lipinski definition) is 2. The smallest absolute Gasteiger partial charge is 0.406 e. The minimum Gasteiger partial charge on any atom is -0.450 e. The van der Waals surface area contributed by atoms with Gasteiger partial charge >= 0.3 is 11.8 Å². The molecule has 3 amide bonds. The van der Waals surface area contributed by atoms with E-state index < -0.39 is 18.0 Å². The summed E-state index contributed by atoms with van der Waals surface area (Å²) in [4.78, 5) is 47.4. The molecule has 9 heteroatoms. The van der Waals surface area contributed by atoms with E-state index in [2.05, 4.69) is 10.6 Å². The summed E-state index contributed by atoms with van der Waals surface area (Å²) in [7, 11) is 3.21. The molecule has 0 aliphatic carbocycles. The number of imidazole rings is 1. The Labute approximate surface area is 168 Å². The zero-order chi connectivity index (χ0) is 21.0. The van der Waals surface area contributed by atoms with Crippen molar-refractivity contribution in [3.05, 3.63) is 34.2 Å². The highest BCUT2D eigenvalue weighted by Crippen LogP contribution is 2.24. The minimum atomic E-state index is -0.671. The second kappa shape index (κ2) is 8.93. The number of rotatable bonds is 7. The van der Waals surface area contributed by atoms with Crippen LogP contribution in [0.2, 0.25) is 0 Å². The molecule has 2 heterocycles. The quantitative estimate of drug-likeness (QED) is 0.537. The highest BCUT2D eigenvalue weighted by molar-refractivity contribution is 6.00. The summed E-state index contributed by atoms with van der Waals surface area (Å²) in [6, 6.07) is 5.13. The average molecular weight is 402 g/mol. The number of carbonyl (C=O) groups excluding carboxylic acids is 3. The minimum absolute atomic E-state index is 0.223. The van der Waals surface area contributed by atoms with Crippen molar-refractivity contribution in [2.45, 2.75) is 44.6 Å². The molecule has 1 saturated heterocycles. The number of amides is 3. The number of fused-ring (bicyclic) bond motifs is 1. The predicted molar refractivity (Wildman–Crippen MR) is 107 cm³/mol. The molecular formula is C20H26N4O5. The molecule has 1 aliphatic heterocycles. The van der Waals surface area contributed by atoms with Crippen molar-refractivity contribution in [3.63, 3.8) is 0 Å². The number of benzene rings is 1. The molecule has 1 aromatic heterocycles. The topological polar surface area (TPSA) is 111 Å². The van der Waals surface area contributed by atoms with E-state index in [1.807, 2.05) is 18.2 Å². The third kappa shape index (κ3) is 4.49. The van der Waals surface area contributed by atoms with Gasteiger partial charge in [-0.25, -0.2) is 9.59 Å². The molecule has 1 aromatic carbocycles. The van der Waals surface area contributed by atoms with Crippen molar-refractivity contribution in [1.29, 1.82) is 0 Å². The molecule has 156 valence electrons. The zero-order valence-corrected chi connectivity index (χ0v) is 16.7. The maximum Gasteiger partial charge on any atom is 0.406 e. The lowest BCUT2D eigenvalue weighted by atomic mass is 10.0. The number of unbranched alkanes of at least 4 members (excludes halogenated alkanes) is 2. The number of alkyl carbamates (subject to hydrolysis) is 1. The maximum absolute atomic E-state index is 12.8. The van der Waals surface area contributed by atoms with Gasteiger partial charge in [0.25, 0.3) is 0 Å². The van der Waals surface area contributed by atoms with E-state index >= 15 is 0 Å². The Morgan fingerprint density at radius 3 is 2.72 bits per heavy atom. The van der Waals surface area contributed by atoms with Gasteiger partial charge in [-0.15, -0.1) is 0 Å². The molecule has 0 saturated carbocycles. The second-order valence-electron chi connectivity index (χ2n) is 7.20. The van der Waals surface area contributed by atoms with Crippen LogP contribution < -0.4 is 16.3 Å². The van der Waals surface area contributed by atoms with Crippen molar-refractivity contribution in [1.82, 2.24) is 19.8 Å². The third-order valence-electron chi connectivity index (χ3n) is 5.22. The lowest BCUT2D eigenvalue weighted by molar-refractivity contribution is -0.135. The summed E-state index contributed by atoms with van der Waals surface area (Å²) in [5.74, 6) is -0.735. The van der Waals surface area contributed by atoms with E-state index in [1.54, 1.807) is 11.6 Å². The monoisotopic (exact) mass is 402 g/mol. The first kappa shape index (κ1) is 20.6. The lowest BCUT2D eigenvalue weighted by Gasteiger charge is -2.21. The summed E-state index contributed by atoms with van der Waals surface area (Å²) >= 11 is 0. The number of aromatic nitrogens is 2. The molecule has 1 aliphatic rings. The summed E-state index contributed by atoms with van der Waals surface area (Å²) in [6.07, 6.45) is 3.62. The van der Waals surface area contributed by atoms with Crippen LogP contribution in [-0.4, -0.2) is 40.7 Å². The Balaban J connectivity index is 1.69. The van der Waals surface area contributed by atoms with Crippen LogP contribution in [-0.2, 0) is 27.8 Å². The third-order valence-corrected chi connectivity index (χ3v) is 5.22. The van der Waals surface area contributed by atoms with Gasteiger partial charge in [0.05, 0.1) is 17.6 Å². The number of ether oxygens (including phenoxy) is 1. The molecular weight excluding hydrogens is 376 g/mol. The van der Waals surface area contributed by atoms with Gasteiger partial charge in [0.1, 0.15) is 6.04 Å². The molecule has 2 aromatic rings. The molecule has 1 fully saturated rings. The standard InChI is InChI=1S/C20H26N4O5/c1-21-19(27)29-11-5-3-4-6-13-7-8-14-16(12-13)23(2)20(28)24(14)15-9-10-17(25)22-18(15)26/h7-8,12,15H,3-6,9-11H2,1-2H3,(H,21,27)(H,22,25,26). The SMILES string of the molecule is CNC(=O)OCCCCCc1ccc2c(c1)n(C)c(=O)n2C1CCC(=O)NC1=O. The van der Waals surface area contributed by atoms with Crippen LogP contribution in [0, 0.1) is 0 Å². The Hall–Kier alpha value is -3.10. The Morgan fingerprint density at radius 2 is 2.00 bits per heavy atom. The number of aryl methyl sites for hydroxylation is 2. The van der Waals surface area contributed by atoms with Gasteiger partial charge in [0.2, 0.25) is 11.8 Å². The first-order valence-corrected chi connectivity index (χ1v) is 9.80. The van der Waals surface area contributed by atoms with Gasteiger partial charge in [-0.3, -0.25) is 24.0 Å². The van der Waals surface area contributed by atoms with Crippen molar-refractivity contribution in [3.8, 4) is 0 Å². The number of nitrogens with one attached hydrogen (secondary N) is 2. The number of hydrogen-bond acceptors (Lipinski definition) is 5. The van der Waals surface area contributed by atoms with Crippen molar-refractivity contribution in [2.75, 3.05) is 13.7 Å². The number of imide groups is 1. The van der Waals surface area contributed by atoms with Crippen molar-refractivity contribution >= 4 is 28.9 Å². The van der Waals surface area contributed by atoms with Gasteiger partial charge in [-0.2, -0.15) is 0 Å². The average Bonchev–Trinajstić information content (AvgIpc) is 2.95. The second-order valence-corrected chi connectivity index (χ2v) is 7.20. The lowest BCUT2D eigenvalue weighted by Crippen LogP contribution is -2.44. The summed E-state index contributed by atoms with van der Waals surface area (Å²) in [5, 5.41) is 4.72. The van der Waals surface area contributed by atoms with Gasteiger partial charge < -0.3 is 10.1 Å². The van der Waals surface area contributed by atoms with E-state index in [0.717, 1.165) is 36.8 Å². The van der Waals surface area contributed by atoms with E-state index in [9.17, 15) is 19.2 Å². The van der Waals surface area contributed by atoms with E-state index in [-0.39, 0.29) is 18.0 Å². The molecule has 0 spiro atoms. The first-order chi connectivity index (χ1) is 13.9. The first-order valence-electron chi connectivity index (χ1n) is 9.80. The number of carbonyl (C=O) groups is 3. The molecule has 0 radical (unpaired) electrons. The van der Waals surface area contributed by atoms with Crippen LogP contribution in [0.4, 0.5) is 4.79 Å². The van der Waals surface area contributed by atoms with Gasteiger partial charge in [0, 0.05) is 20.5 Å². The normalized spacial score (nSPS) is 16.7. The molecule has 29 heavy (non-hydrogen) atoms. The summed E-state index contributed by atoms with van der Waals surface area (Å²) in [6.45, 7) is 0.391. The summed E-state index contributed by atoms with van der Waals surface area (Å²) in [5.41, 5.74) is 2.29. The van der Waals surface area contributed by atoms with E-state index in [4.69, 9.17) is 4.74 Å². The van der Waals surface area contributed by atoms with Crippen LogP contribution in [0.1, 0.15) is 43.7 Å². The van der Waals surface area contributed by atoms with Crippen LogP contribution in [0.25, 0.3) is 11.0 Å². The largest absolute Gasteiger partial charge is 0.450 e. The summed E-state index contributed by atoms with van der Waals surface area (Å²) < 4.78 is 7.99. The molecule has 1 unspecified atom stereocenters. The zero-order valence-electron chi connectivity index (χ0n) is 16.7. The van der Waals surface area contributed by atoms with Crippen LogP contribution >= 0.6 is 0 Å². The van der Waals surface area contributed by atoms with Crippen LogP contribution in [0.3, 0.4) is 0 Å². The molecule has 2 N–H and O–H groups in total. The van der Waals surface area contributed by atoms with Crippen LogP contribution in [0.15, 0.2) is 23.0 Å². The fourth-order valence-corrected chi connectivity index (χ4v) is 3.64. The van der Waals surface area contributed by atoms with Gasteiger partial charge in [0.15, 0.2) is 0 Å². The fourth-order valence-electron chi connectivity index (χ4n) is 3.64. The van der Waals surface area contributed by atoms with Gasteiger partial charge in [-0.05, 0) is 49.8 Å².